The summed E-state index contributed by atoms with van der Waals surface area (Å²) in [5.74, 6) is 0.775. The molecule has 0 aliphatic rings. The molecule has 0 aliphatic carbocycles. The molecule has 3 aromatic carbocycles. The van der Waals surface area contributed by atoms with E-state index in [0.29, 0.717) is 50.8 Å². The van der Waals surface area contributed by atoms with Crippen molar-refractivity contribution in [2.75, 3.05) is 13.7 Å². The molecule has 35 heavy (non-hydrogen) atoms. The SMILES string of the molecule is COc1cc(C(NC(=O)c2cccc(Cl)c2)NC(=O)c2cccc(Cl)c2)ccc1OCCC(C)C. The van der Waals surface area contributed by atoms with Crippen LogP contribution in [0.1, 0.15) is 52.7 Å². The lowest BCUT2D eigenvalue weighted by molar-refractivity contribution is 0.0883. The van der Waals surface area contributed by atoms with Crippen LogP contribution in [0.4, 0.5) is 0 Å². The van der Waals surface area contributed by atoms with Crippen molar-refractivity contribution >= 4 is 35.0 Å². The second-order valence-corrected chi connectivity index (χ2v) is 9.21. The van der Waals surface area contributed by atoms with Gasteiger partial charge in [0.05, 0.1) is 13.7 Å². The standard InChI is InChI=1S/C27H28Cl2N2O4/c1-17(2)12-13-35-23-11-10-18(16-24(23)34-3)25(30-26(32)19-6-4-8-21(28)14-19)31-27(33)20-7-5-9-22(29)15-20/h4-11,14-17,25H,12-13H2,1-3H3,(H,30,32)(H,31,33). The summed E-state index contributed by atoms with van der Waals surface area (Å²) < 4.78 is 11.4. The topological polar surface area (TPSA) is 76.7 Å². The van der Waals surface area contributed by atoms with Crippen molar-refractivity contribution in [3.63, 3.8) is 0 Å². The summed E-state index contributed by atoms with van der Waals surface area (Å²) in [6, 6.07) is 18.4. The molecule has 0 spiro atoms. The van der Waals surface area contributed by atoms with Gasteiger partial charge in [-0.2, -0.15) is 0 Å². The highest BCUT2D eigenvalue weighted by Crippen LogP contribution is 2.30. The van der Waals surface area contributed by atoms with Gasteiger partial charge in [0.2, 0.25) is 0 Å². The normalized spacial score (nSPS) is 10.8. The molecular formula is C27H28Cl2N2O4. The Morgan fingerprint density at radius 3 is 1.89 bits per heavy atom. The van der Waals surface area contributed by atoms with E-state index in [4.69, 9.17) is 32.7 Å². The third-order valence-corrected chi connectivity index (χ3v) is 5.67. The van der Waals surface area contributed by atoms with Gasteiger partial charge in [-0.1, -0.05) is 55.2 Å². The summed E-state index contributed by atoms with van der Waals surface area (Å²) in [4.78, 5) is 26.0. The van der Waals surface area contributed by atoms with E-state index in [2.05, 4.69) is 24.5 Å². The van der Waals surface area contributed by atoms with E-state index in [-0.39, 0.29) is 0 Å². The summed E-state index contributed by atoms with van der Waals surface area (Å²) in [5.41, 5.74) is 1.32. The average Bonchev–Trinajstić information content (AvgIpc) is 2.83. The second-order valence-electron chi connectivity index (χ2n) is 8.34. The Morgan fingerprint density at radius 1 is 0.829 bits per heavy atom. The van der Waals surface area contributed by atoms with Gasteiger partial charge in [-0.3, -0.25) is 9.59 Å². The maximum Gasteiger partial charge on any atom is 0.253 e. The van der Waals surface area contributed by atoms with Crippen molar-refractivity contribution in [3.8, 4) is 11.5 Å². The molecule has 184 valence electrons. The fraction of sp³-hybridized carbons (Fsp3) is 0.259. The van der Waals surface area contributed by atoms with E-state index in [0.717, 1.165) is 6.42 Å². The van der Waals surface area contributed by atoms with Crippen LogP contribution in [0.2, 0.25) is 10.0 Å². The molecule has 2 amide bonds. The second kappa shape index (κ2) is 12.5. The number of amides is 2. The first kappa shape index (κ1) is 26.4. The van der Waals surface area contributed by atoms with E-state index < -0.39 is 18.0 Å². The van der Waals surface area contributed by atoms with Gasteiger partial charge in [-0.25, -0.2) is 0 Å². The average molecular weight is 515 g/mol. The Labute approximate surface area is 215 Å². The summed E-state index contributed by atoms with van der Waals surface area (Å²) in [5, 5.41) is 6.59. The first-order chi connectivity index (χ1) is 16.8. The predicted octanol–water partition coefficient (Wildman–Crippen LogP) is 6.29. The lowest BCUT2D eigenvalue weighted by Gasteiger charge is -2.22. The maximum atomic E-state index is 13.0. The zero-order valence-electron chi connectivity index (χ0n) is 19.8. The van der Waals surface area contributed by atoms with E-state index in [1.807, 2.05) is 0 Å². The summed E-state index contributed by atoms with van der Waals surface area (Å²) in [6.07, 6.45) is 0.0328. The Kier molecular flexibility index (Phi) is 9.40. The van der Waals surface area contributed by atoms with Gasteiger partial charge in [-0.05, 0) is 66.4 Å². The predicted molar refractivity (Wildman–Crippen MR) is 139 cm³/mol. The van der Waals surface area contributed by atoms with E-state index in [9.17, 15) is 9.59 Å². The molecule has 0 fully saturated rings. The van der Waals surface area contributed by atoms with Crippen LogP contribution < -0.4 is 20.1 Å². The third kappa shape index (κ3) is 7.64. The van der Waals surface area contributed by atoms with Crippen molar-refractivity contribution in [2.24, 2.45) is 5.92 Å². The summed E-state index contributed by atoms with van der Waals surface area (Å²) in [6.45, 7) is 4.80. The maximum absolute atomic E-state index is 13.0. The fourth-order valence-electron chi connectivity index (χ4n) is 3.28. The van der Waals surface area contributed by atoms with Crippen LogP contribution in [-0.2, 0) is 0 Å². The van der Waals surface area contributed by atoms with Gasteiger partial charge in [-0.15, -0.1) is 0 Å². The number of hydrogen-bond donors (Lipinski definition) is 2. The number of halogens is 2. The molecule has 0 aliphatic heterocycles. The molecule has 0 unspecified atom stereocenters. The molecule has 0 radical (unpaired) electrons. The van der Waals surface area contributed by atoms with E-state index >= 15 is 0 Å². The minimum absolute atomic E-state index is 0.361. The zero-order chi connectivity index (χ0) is 25.4. The minimum atomic E-state index is -0.869. The Bertz CT molecular complexity index is 1120. The van der Waals surface area contributed by atoms with Crippen molar-refractivity contribution in [2.45, 2.75) is 26.4 Å². The number of rotatable bonds is 10. The number of carbonyl (C=O) groups is 2. The first-order valence-electron chi connectivity index (χ1n) is 11.2. The van der Waals surface area contributed by atoms with Crippen LogP contribution in [0.25, 0.3) is 0 Å². The molecular weight excluding hydrogens is 487 g/mol. The van der Waals surface area contributed by atoms with Crippen molar-refractivity contribution in [3.05, 3.63) is 93.5 Å². The third-order valence-electron chi connectivity index (χ3n) is 5.20. The van der Waals surface area contributed by atoms with Crippen LogP contribution in [0.5, 0.6) is 11.5 Å². The molecule has 0 atom stereocenters. The monoisotopic (exact) mass is 514 g/mol. The Morgan fingerprint density at radius 2 is 1.40 bits per heavy atom. The van der Waals surface area contributed by atoms with Crippen LogP contribution in [0.3, 0.4) is 0 Å². The number of benzene rings is 3. The van der Waals surface area contributed by atoms with Crippen molar-refractivity contribution < 1.29 is 19.1 Å². The zero-order valence-corrected chi connectivity index (χ0v) is 21.3. The number of ether oxygens (including phenoxy) is 2. The number of methoxy groups -OCH3 is 1. The highest BCUT2D eigenvalue weighted by molar-refractivity contribution is 6.31. The molecule has 2 N–H and O–H groups in total. The number of hydrogen-bond acceptors (Lipinski definition) is 4. The highest BCUT2D eigenvalue weighted by atomic mass is 35.5. The number of nitrogens with one attached hydrogen (secondary N) is 2. The molecule has 0 bridgehead atoms. The van der Waals surface area contributed by atoms with Crippen LogP contribution in [0.15, 0.2) is 66.7 Å². The molecule has 6 nitrogen and oxygen atoms in total. The molecule has 0 aromatic heterocycles. The van der Waals surface area contributed by atoms with Crippen molar-refractivity contribution in [1.29, 1.82) is 0 Å². The quantitative estimate of drug-likeness (QED) is 0.312. The van der Waals surface area contributed by atoms with Crippen LogP contribution in [-0.4, -0.2) is 25.5 Å². The van der Waals surface area contributed by atoms with E-state index in [1.165, 1.54) is 0 Å². The first-order valence-corrected chi connectivity index (χ1v) is 12.0. The lowest BCUT2D eigenvalue weighted by Crippen LogP contribution is -2.41. The highest BCUT2D eigenvalue weighted by Gasteiger charge is 2.21. The summed E-state index contributed by atoms with van der Waals surface area (Å²) >= 11 is 12.1. The van der Waals surface area contributed by atoms with Gasteiger partial charge in [0.1, 0.15) is 6.17 Å². The molecule has 0 saturated carbocycles. The summed E-state index contributed by atoms with van der Waals surface area (Å²) in [7, 11) is 1.54. The van der Waals surface area contributed by atoms with Gasteiger partial charge in [0, 0.05) is 21.2 Å². The smallest absolute Gasteiger partial charge is 0.253 e. The van der Waals surface area contributed by atoms with Crippen LogP contribution >= 0.6 is 23.2 Å². The molecule has 8 heteroatoms. The Hall–Kier alpha value is -3.22. The van der Waals surface area contributed by atoms with Gasteiger partial charge in [0.25, 0.3) is 11.8 Å². The molecule has 0 heterocycles. The lowest BCUT2D eigenvalue weighted by atomic mass is 10.1. The molecule has 3 rings (SSSR count). The van der Waals surface area contributed by atoms with Crippen LogP contribution in [0, 0.1) is 5.92 Å². The van der Waals surface area contributed by atoms with Crippen molar-refractivity contribution in [1.82, 2.24) is 10.6 Å². The van der Waals surface area contributed by atoms with E-state index in [1.54, 1.807) is 73.8 Å². The van der Waals surface area contributed by atoms with Gasteiger partial charge in [0.15, 0.2) is 11.5 Å². The minimum Gasteiger partial charge on any atom is -0.493 e. The molecule has 0 saturated heterocycles. The Balaban J connectivity index is 1.89. The fourth-order valence-corrected chi connectivity index (χ4v) is 3.66. The largest absolute Gasteiger partial charge is 0.493 e. The van der Waals surface area contributed by atoms with Gasteiger partial charge >= 0.3 is 0 Å². The number of carbonyl (C=O) groups excluding carboxylic acids is 2. The van der Waals surface area contributed by atoms with Gasteiger partial charge < -0.3 is 20.1 Å². The molecule has 3 aromatic rings.